The van der Waals surface area contributed by atoms with E-state index < -0.39 is 0 Å². The molecule has 0 aliphatic carbocycles. The van der Waals surface area contributed by atoms with Gasteiger partial charge in [0.2, 0.25) is 0 Å². The number of hydrogen-bond acceptors (Lipinski definition) is 3. The number of rotatable bonds is 2. The van der Waals surface area contributed by atoms with Gasteiger partial charge in [-0.1, -0.05) is 22.0 Å². The summed E-state index contributed by atoms with van der Waals surface area (Å²) in [5.41, 5.74) is 8.22. The molecule has 2 N–H and O–H groups in total. The second-order valence-corrected chi connectivity index (χ2v) is 6.23. The van der Waals surface area contributed by atoms with Crippen molar-refractivity contribution in [1.29, 1.82) is 0 Å². The van der Waals surface area contributed by atoms with Crippen LogP contribution in [-0.2, 0) is 6.54 Å². The van der Waals surface area contributed by atoms with E-state index in [1.54, 1.807) is 0 Å². The highest BCUT2D eigenvalue weighted by atomic mass is 79.9. The monoisotopic (exact) mass is 309 g/mol. The average molecular weight is 310 g/mol. The molecule has 2 heterocycles. The minimum absolute atomic E-state index is 0.780. The predicted octanol–water partition coefficient (Wildman–Crippen LogP) is 2.31. The van der Waals surface area contributed by atoms with Crippen LogP contribution in [0.4, 0.5) is 5.69 Å². The maximum atomic E-state index is 6.08. The molecule has 2 saturated heterocycles. The fourth-order valence-electron chi connectivity index (χ4n) is 3.16. The van der Waals surface area contributed by atoms with Crippen LogP contribution in [0, 0.1) is 0 Å². The molecular weight excluding hydrogens is 290 g/mol. The van der Waals surface area contributed by atoms with E-state index in [1.165, 1.54) is 38.0 Å². The van der Waals surface area contributed by atoms with Crippen molar-refractivity contribution in [1.82, 2.24) is 9.80 Å². The van der Waals surface area contributed by atoms with Crippen LogP contribution in [0.15, 0.2) is 22.7 Å². The van der Waals surface area contributed by atoms with Crippen LogP contribution >= 0.6 is 15.9 Å². The summed E-state index contributed by atoms with van der Waals surface area (Å²) in [6, 6.07) is 6.85. The topological polar surface area (TPSA) is 32.5 Å². The first kappa shape index (κ1) is 12.5. The van der Waals surface area contributed by atoms with Gasteiger partial charge in [0, 0.05) is 47.9 Å². The molecular formula is C14H20BrN3. The van der Waals surface area contributed by atoms with Crippen molar-refractivity contribution in [2.24, 2.45) is 0 Å². The van der Waals surface area contributed by atoms with E-state index >= 15 is 0 Å². The van der Waals surface area contributed by atoms with Crippen molar-refractivity contribution in [3.05, 3.63) is 28.2 Å². The van der Waals surface area contributed by atoms with Crippen LogP contribution in [-0.4, -0.2) is 42.0 Å². The zero-order chi connectivity index (χ0) is 12.5. The Labute approximate surface area is 117 Å². The Morgan fingerprint density at radius 1 is 1.28 bits per heavy atom. The second-order valence-electron chi connectivity index (χ2n) is 5.37. The van der Waals surface area contributed by atoms with Crippen molar-refractivity contribution in [3.8, 4) is 0 Å². The Hall–Kier alpha value is -0.580. The van der Waals surface area contributed by atoms with Gasteiger partial charge < -0.3 is 5.73 Å². The Morgan fingerprint density at radius 2 is 2.17 bits per heavy atom. The van der Waals surface area contributed by atoms with Crippen molar-refractivity contribution >= 4 is 21.6 Å². The highest BCUT2D eigenvalue weighted by Crippen LogP contribution is 2.27. The lowest BCUT2D eigenvalue weighted by molar-refractivity contribution is 0.0994. The molecule has 18 heavy (non-hydrogen) atoms. The third-order valence-corrected chi connectivity index (χ3v) is 4.95. The number of piperazine rings is 1. The minimum atomic E-state index is 0.780. The molecule has 1 atom stereocenters. The van der Waals surface area contributed by atoms with E-state index in [4.69, 9.17) is 5.73 Å². The van der Waals surface area contributed by atoms with E-state index in [1.807, 2.05) is 12.1 Å². The SMILES string of the molecule is Nc1cccc(Br)c1CN1CCN2CCCC2C1. The molecule has 3 nitrogen and oxygen atoms in total. The van der Waals surface area contributed by atoms with E-state index in [0.29, 0.717) is 0 Å². The molecule has 1 aromatic rings. The van der Waals surface area contributed by atoms with Crippen molar-refractivity contribution < 1.29 is 0 Å². The lowest BCUT2D eigenvalue weighted by Crippen LogP contribution is -2.49. The zero-order valence-electron chi connectivity index (χ0n) is 10.6. The Morgan fingerprint density at radius 3 is 3.00 bits per heavy atom. The maximum Gasteiger partial charge on any atom is 0.0371 e. The van der Waals surface area contributed by atoms with E-state index in [0.717, 1.165) is 29.3 Å². The Bertz CT molecular complexity index is 415. The van der Waals surface area contributed by atoms with E-state index in [9.17, 15) is 0 Å². The highest BCUT2D eigenvalue weighted by Gasteiger charge is 2.30. The van der Waals surface area contributed by atoms with Crippen LogP contribution < -0.4 is 5.73 Å². The van der Waals surface area contributed by atoms with Gasteiger partial charge in [-0.05, 0) is 31.5 Å². The molecule has 0 saturated carbocycles. The molecule has 1 unspecified atom stereocenters. The number of benzene rings is 1. The summed E-state index contributed by atoms with van der Waals surface area (Å²) in [4.78, 5) is 5.18. The van der Waals surface area contributed by atoms with Gasteiger partial charge in [-0.25, -0.2) is 0 Å². The highest BCUT2D eigenvalue weighted by molar-refractivity contribution is 9.10. The molecule has 2 aliphatic heterocycles. The zero-order valence-corrected chi connectivity index (χ0v) is 12.2. The summed E-state index contributed by atoms with van der Waals surface area (Å²) in [5.74, 6) is 0. The first-order chi connectivity index (χ1) is 8.74. The summed E-state index contributed by atoms with van der Waals surface area (Å²) < 4.78 is 1.14. The van der Waals surface area contributed by atoms with Crippen molar-refractivity contribution in [2.45, 2.75) is 25.4 Å². The molecule has 1 aromatic carbocycles. The number of hydrogen-bond donors (Lipinski definition) is 1. The van der Waals surface area contributed by atoms with Crippen LogP contribution in [0.2, 0.25) is 0 Å². The third-order valence-electron chi connectivity index (χ3n) is 4.21. The number of nitrogens with zero attached hydrogens (tertiary/aromatic N) is 2. The lowest BCUT2D eigenvalue weighted by atomic mass is 10.1. The maximum absolute atomic E-state index is 6.08. The molecule has 4 heteroatoms. The second kappa shape index (κ2) is 5.19. The van der Waals surface area contributed by atoms with Crippen LogP contribution in [0.25, 0.3) is 0 Å². The quantitative estimate of drug-likeness (QED) is 0.851. The summed E-state index contributed by atoms with van der Waals surface area (Å²) in [7, 11) is 0. The molecule has 0 aromatic heterocycles. The van der Waals surface area contributed by atoms with Gasteiger partial charge in [-0.3, -0.25) is 9.80 Å². The normalized spacial score (nSPS) is 25.3. The summed E-state index contributed by atoms with van der Waals surface area (Å²) in [6.07, 6.45) is 2.73. The van der Waals surface area contributed by atoms with Crippen molar-refractivity contribution in [3.63, 3.8) is 0 Å². The summed E-state index contributed by atoms with van der Waals surface area (Å²) in [6.45, 7) is 5.85. The Balaban J connectivity index is 1.69. The third kappa shape index (κ3) is 2.42. The first-order valence-corrected chi connectivity index (χ1v) is 7.52. The predicted molar refractivity (Wildman–Crippen MR) is 78.4 cm³/mol. The van der Waals surface area contributed by atoms with Gasteiger partial charge in [0.05, 0.1) is 0 Å². The lowest BCUT2D eigenvalue weighted by Gasteiger charge is -2.37. The van der Waals surface area contributed by atoms with Crippen LogP contribution in [0.1, 0.15) is 18.4 Å². The molecule has 0 radical (unpaired) electrons. The van der Waals surface area contributed by atoms with Crippen LogP contribution in [0.3, 0.4) is 0 Å². The molecule has 0 spiro atoms. The van der Waals surface area contributed by atoms with Crippen molar-refractivity contribution in [2.75, 3.05) is 31.9 Å². The molecule has 0 amide bonds. The number of halogens is 1. The van der Waals surface area contributed by atoms with Gasteiger partial charge in [0.15, 0.2) is 0 Å². The summed E-state index contributed by atoms with van der Waals surface area (Å²) in [5, 5.41) is 0. The molecule has 98 valence electrons. The molecule has 2 fully saturated rings. The van der Waals surface area contributed by atoms with Gasteiger partial charge in [0.25, 0.3) is 0 Å². The smallest absolute Gasteiger partial charge is 0.0371 e. The number of nitrogens with two attached hydrogens (primary N) is 1. The van der Waals surface area contributed by atoms with E-state index in [-0.39, 0.29) is 0 Å². The Kier molecular flexibility index (Phi) is 3.59. The molecule has 0 bridgehead atoms. The standard InChI is InChI=1S/C14H20BrN3/c15-13-4-1-5-14(16)12(13)10-17-7-8-18-6-2-3-11(18)9-17/h1,4-5,11H,2-3,6-10,16H2. The fraction of sp³-hybridized carbons (Fsp3) is 0.571. The minimum Gasteiger partial charge on any atom is -0.398 e. The van der Waals surface area contributed by atoms with Gasteiger partial charge in [0.1, 0.15) is 0 Å². The average Bonchev–Trinajstić information content (AvgIpc) is 2.81. The van der Waals surface area contributed by atoms with Gasteiger partial charge in [-0.2, -0.15) is 0 Å². The summed E-state index contributed by atoms with van der Waals surface area (Å²) >= 11 is 3.61. The number of anilines is 1. The van der Waals surface area contributed by atoms with Gasteiger partial charge in [-0.15, -0.1) is 0 Å². The van der Waals surface area contributed by atoms with Crippen LogP contribution in [0.5, 0.6) is 0 Å². The largest absolute Gasteiger partial charge is 0.398 e. The number of fused-ring (bicyclic) bond motifs is 1. The molecule has 3 rings (SSSR count). The van der Waals surface area contributed by atoms with Gasteiger partial charge >= 0.3 is 0 Å². The first-order valence-electron chi connectivity index (χ1n) is 6.73. The number of nitrogen functional groups attached to an aromatic ring is 1. The fourth-order valence-corrected chi connectivity index (χ4v) is 3.67. The molecule has 2 aliphatic rings. The van der Waals surface area contributed by atoms with E-state index in [2.05, 4.69) is 31.8 Å².